The van der Waals surface area contributed by atoms with Crippen molar-refractivity contribution < 1.29 is 14.8 Å². The number of hydroxylamine groups is 2. The number of hydrogen-bond donors (Lipinski definition) is 1. The molecule has 0 aliphatic heterocycles. The summed E-state index contributed by atoms with van der Waals surface area (Å²) in [5, 5.41) is 10.0. The Balaban J connectivity index is 3.50. The van der Waals surface area contributed by atoms with Gasteiger partial charge in [-0.15, -0.1) is 0 Å². The van der Waals surface area contributed by atoms with Crippen LogP contribution in [0.3, 0.4) is 0 Å². The molecule has 0 bridgehead atoms. The van der Waals surface area contributed by atoms with E-state index in [1.807, 2.05) is 13.8 Å². The van der Waals surface area contributed by atoms with Crippen molar-refractivity contribution in [3.8, 4) is 0 Å². The van der Waals surface area contributed by atoms with Crippen molar-refractivity contribution in [2.75, 3.05) is 13.2 Å². The topological polar surface area (TPSA) is 41.9 Å². The second kappa shape index (κ2) is 5.61. The third-order valence-corrected chi connectivity index (χ3v) is 0.818. The highest BCUT2D eigenvalue weighted by Gasteiger charge is 2.09. The lowest BCUT2D eigenvalue weighted by atomic mass is 10.7. The maximum atomic E-state index is 8.95. The largest absolute Gasteiger partial charge is 0.374 e. The van der Waals surface area contributed by atoms with Gasteiger partial charge < -0.3 is 5.11 Å². The van der Waals surface area contributed by atoms with E-state index in [0.717, 1.165) is 5.23 Å². The molecule has 4 heteroatoms. The molecular weight excluding hydrogens is 134 g/mol. The van der Waals surface area contributed by atoms with Crippen molar-refractivity contribution in [1.29, 1.82) is 0 Å². The van der Waals surface area contributed by atoms with Crippen molar-refractivity contribution >= 4 is 0 Å². The van der Waals surface area contributed by atoms with Crippen LogP contribution in [0.15, 0.2) is 0 Å². The van der Waals surface area contributed by atoms with E-state index in [1.165, 1.54) is 0 Å². The second-order valence-electron chi connectivity index (χ2n) is 1.75. The Morgan fingerprint density at radius 3 is 1.90 bits per heavy atom. The van der Waals surface area contributed by atoms with Gasteiger partial charge in [-0.1, -0.05) is 0 Å². The van der Waals surface area contributed by atoms with Crippen LogP contribution in [0.5, 0.6) is 0 Å². The number of nitrogens with zero attached hydrogens (tertiary/aromatic N) is 1. The van der Waals surface area contributed by atoms with E-state index in [-0.39, 0.29) is 0 Å². The maximum absolute atomic E-state index is 8.95. The molecule has 0 saturated heterocycles. The van der Waals surface area contributed by atoms with Gasteiger partial charge in [0.15, 0.2) is 6.23 Å². The minimum Gasteiger partial charge on any atom is -0.374 e. The Labute approximate surface area is 61.3 Å². The first-order valence-corrected chi connectivity index (χ1v) is 3.45. The quantitative estimate of drug-likeness (QED) is 0.457. The van der Waals surface area contributed by atoms with E-state index in [9.17, 15) is 0 Å². The van der Waals surface area contributed by atoms with Gasteiger partial charge in [0.25, 0.3) is 0 Å². The molecule has 0 aromatic carbocycles. The molecule has 0 aromatic heterocycles. The fraction of sp³-hybridized carbons (Fsp3) is 1.00. The van der Waals surface area contributed by atoms with Crippen LogP contribution < -0.4 is 0 Å². The smallest absolute Gasteiger partial charge is 0.154 e. The monoisotopic (exact) mass is 149 g/mol. The summed E-state index contributed by atoms with van der Waals surface area (Å²) >= 11 is 0. The number of aliphatic hydroxyl groups excluding tert-OH is 1. The first-order valence-electron chi connectivity index (χ1n) is 3.45. The summed E-state index contributed by atoms with van der Waals surface area (Å²) in [5.41, 5.74) is 0. The van der Waals surface area contributed by atoms with Crippen molar-refractivity contribution in [3.05, 3.63) is 0 Å². The van der Waals surface area contributed by atoms with Crippen molar-refractivity contribution in [2.45, 2.75) is 27.0 Å². The van der Waals surface area contributed by atoms with Crippen LogP contribution in [0.4, 0.5) is 0 Å². The van der Waals surface area contributed by atoms with E-state index in [2.05, 4.69) is 0 Å². The van der Waals surface area contributed by atoms with Crippen LogP contribution in [0.1, 0.15) is 20.8 Å². The van der Waals surface area contributed by atoms with Gasteiger partial charge in [0.2, 0.25) is 0 Å². The van der Waals surface area contributed by atoms with E-state index in [0.29, 0.717) is 13.2 Å². The van der Waals surface area contributed by atoms with Crippen LogP contribution >= 0.6 is 0 Å². The summed E-state index contributed by atoms with van der Waals surface area (Å²) in [6, 6.07) is 0. The third-order valence-electron chi connectivity index (χ3n) is 0.818. The lowest BCUT2D eigenvalue weighted by Gasteiger charge is -2.21. The average molecular weight is 149 g/mol. The summed E-state index contributed by atoms with van der Waals surface area (Å²) in [7, 11) is 0. The van der Waals surface area contributed by atoms with Gasteiger partial charge in [-0.3, -0.25) is 9.68 Å². The molecule has 0 aliphatic rings. The Bertz CT molecular complexity index is 71.4. The molecule has 0 amide bonds. The zero-order valence-corrected chi connectivity index (χ0v) is 6.70. The molecule has 0 spiro atoms. The van der Waals surface area contributed by atoms with E-state index in [1.54, 1.807) is 6.92 Å². The number of hydrogen-bond acceptors (Lipinski definition) is 4. The van der Waals surface area contributed by atoms with Gasteiger partial charge in [-0.05, 0) is 26.0 Å². The SMILES string of the molecule is CCON(OCC)C(C)O. The van der Waals surface area contributed by atoms with Gasteiger partial charge in [0.1, 0.15) is 0 Å². The fourth-order valence-electron chi connectivity index (χ4n) is 0.507. The van der Waals surface area contributed by atoms with Gasteiger partial charge in [0.05, 0.1) is 13.2 Å². The highest BCUT2D eigenvalue weighted by molar-refractivity contribution is 4.27. The van der Waals surface area contributed by atoms with E-state index < -0.39 is 6.23 Å². The summed E-state index contributed by atoms with van der Waals surface area (Å²) in [5.74, 6) is 0. The minimum atomic E-state index is -0.722. The molecular formula is C6H15NO3. The van der Waals surface area contributed by atoms with Crippen LogP contribution in [-0.4, -0.2) is 29.8 Å². The van der Waals surface area contributed by atoms with Crippen LogP contribution in [0, 0.1) is 0 Å². The predicted molar refractivity (Wildman–Crippen MR) is 36.8 cm³/mol. The lowest BCUT2D eigenvalue weighted by Crippen LogP contribution is -2.33. The van der Waals surface area contributed by atoms with Crippen LogP contribution in [0.25, 0.3) is 0 Å². The number of rotatable bonds is 5. The number of aliphatic hydroxyl groups is 1. The molecule has 0 fully saturated rings. The standard InChI is InChI=1S/C6H15NO3/c1-4-9-7(6(3)8)10-5-2/h6,8H,4-5H2,1-3H3. The molecule has 4 nitrogen and oxygen atoms in total. The summed E-state index contributed by atoms with van der Waals surface area (Å²) in [6.07, 6.45) is -0.722. The normalized spacial score (nSPS) is 14.1. The molecule has 0 aliphatic carbocycles. The molecule has 0 aromatic rings. The van der Waals surface area contributed by atoms with Crippen LogP contribution in [0.2, 0.25) is 0 Å². The Kier molecular flexibility index (Phi) is 5.52. The molecule has 62 valence electrons. The van der Waals surface area contributed by atoms with Crippen molar-refractivity contribution in [2.24, 2.45) is 0 Å². The van der Waals surface area contributed by atoms with Gasteiger partial charge in [0, 0.05) is 0 Å². The second-order valence-corrected chi connectivity index (χ2v) is 1.75. The maximum Gasteiger partial charge on any atom is 0.154 e. The fourth-order valence-corrected chi connectivity index (χ4v) is 0.507. The Morgan fingerprint density at radius 1 is 1.30 bits per heavy atom. The van der Waals surface area contributed by atoms with E-state index >= 15 is 0 Å². The molecule has 0 radical (unpaired) electrons. The lowest BCUT2D eigenvalue weighted by molar-refractivity contribution is -0.412. The zero-order valence-electron chi connectivity index (χ0n) is 6.70. The molecule has 0 rings (SSSR count). The summed E-state index contributed by atoms with van der Waals surface area (Å²) < 4.78 is 0. The van der Waals surface area contributed by atoms with Gasteiger partial charge in [-0.25, -0.2) is 0 Å². The highest BCUT2D eigenvalue weighted by atomic mass is 17.0. The summed E-state index contributed by atoms with van der Waals surface area (Å²) in [6.45, 7) is 6.21. The molecule has 0 saturated carbocycles. The Hall–Kier alpha value is -0.160. The van der Waals surface area contributed by atoms with E-state index in [4.69, 9.17) is 14.8 Å². The van der Waals surface area contributed by atoms with Gasteiger partial charge >= 0.3 is 0 Å². The first kappa shape index (κ1) is 9.84. The zero-order chi connectivity index (χ0) is 7.98. The highest BCUT2D eigenvalue weighted by Crippen LogP contribution is 1.96. The van der Waals surface area contributed by atoms with Crippen molar-refractivity contribution in [3.63, 3.8) is 0 Å². The molecule has 1 unspecified atom stereocenters. The molecule has 10 heavy (non-hydrogen) atoms. The minimum absolute atomic E-state index is 0.491. The predicted octanol–water partition coefficient (Wildman–Crippen LogP) is 0.530. The van der Waals surface area contributed by atoms with Gasteiger partial charge in [-0.2, -0.15) is 0 Å². The molecule has 1 N–H and O–H groups in total. The summed E-state index contributed by atoms with van der Waals surface area (Å²) in [4.78, 5) is 9.81. The van der Waals surface area contributed by atoms with Crippen molar-refractivity contribution in [1.82, 2.24) is 5.23 Å². The average Bonchev–Trinajstić information content (AvgIpc) is 1.87. The first-order chi connectivity index (χ1) is 4.72. The molecule has 0 heterocycles. The third kappa shape index (κ3) is 3.79. The van der Waals surface area contributed by atoms with Crippen LogP contribution in [-0.2, 0) is 9.68 Å². The molecule has 1 atom stereocenters. The Morgan fingerprint density at radius 2 is 1.70 bits per heavy atom.